The lowest BCUT2D eigenvalue weighted by atomic mass is 10.2. The number of aromatic nitrogens is 1. The SMILES string of the molecule is CCOc1ccc2c(ccn2CC(F)(F)F)c1. The van der Waals surface area contributed by atoms with Crippen molar-refractivity contribution in [3.63, 3.8) is 0 Å². The fourth-order valence-electron chi connectivity index (χ4n) is 1.77. The molecule has 0 aliphatic carbocycles. The summed E-state index contributed by atoms with van der Waals surface area (Å²) in [4.78, 5) is 0. The Morgan fingerprint density at radius 1 is 1.24 bits per heavy atom. The van der Waals surface area contributed by atoms with Gasteiger partial charge in [-0.1, -0.05) is 0 Å². The molecule has 0 saturated heterocycles. The Labute approximate surface area is 96.6 Å². The van der Waals surface area contributed by atoms with E-state index in [2.05, 4.69) is 0 Å². The number of hydrogen-bond donors (Lipinski definition) is 0. The average molecular weight is 243 g/mol. The van der Waals surface area contributed by atoms with Gasteiger partial charge in [0.15, 0.2) is 0 Å². The first-order chi connectivity index (χ1) is 7.99. The number of rotatable bonds is 3. The number of alkyl halides is 3. The molecule has 2 nitrogen and oxygen atoms in total. The van der Waals surface area contributed by atoms with E-state index in [1.54, 1.807) is 24.3 Å². The van der Waals surface area contributed by atoms with Crippen LogP contribution in [0.4, 0.5) is 13.2 Å². The normalized spacial score (nSPS) is 12.0. The smallest absolute Gasteiger partial charge is 0.406 e. The molecule has 92 valence electrons. The number of halogens is 3. The van der Waals surface area contributed by atoms with Gasteiger partial charge in [-0.05, 0) is 31.2 Å². The van der Waals surface area contributed by atoms with Crippen LogP contribution in [0, 0.1) is 0 Å². The molecular formula is C12H12F3NO. The summed E-state index contributed by atoms with van der Waals surface area (Å²) in [5.41, 5.74) is 0.561. The van der Waals surface area contributed by atoms with E-state index in [4.69, 9.17) is 4.74 Å². The predicted molar refractivity (Wildman–Crippen MR) is 59.2 cm³/mol. The number of fused-ring (bicyclic) bond motifs is 1. The maximum absolute atomic E-state index is 12.3. The number of hydrogen-bond acceptors (Lipinski definition) is 1. The van der Waals surface area contributed by atoms with Gasteiger partial charge in [0.25, 0.3) is 0 Å². The topological polar surface area (TPSA) is 14.2 Å². The molecule has 0 radical (unpaired) electrons. The van der Waals surface area contributed by atoms with Crippen molar-refractivity contribution in [1.29, 1.82) is 0 Å². The van der Waals surface area contributed by atoms with Gasteiger partial charge in [0.2, 0.25) is 0 Å². The highest BCUT2D eigenvalue weighted by molar-refractivity contribution is 5.81. The summed E-state index contributed by atoms with van der Waals surface area (Å²) >= 11 is 0. The van der Waals surface area contributed by atoms with Gasteiger partial charge in [-0.2, -0.15) is 13.2 Å². The molecule has 17 heavy (non-hydrogen) atoms. The monoisotopic (exact) mass is 243 g/mol. The first-order valence-corrected chi connectivity index (χ1v) is 5.28. The van der Waals surface area contributed by atoms with Crippen LogP contribution in [0.15, 0.2) is 30.5 Å². The third-order valence-electron chi connectivity index (χ3n) is 2.40. The zero-order valence-corrected chi connectivity index (χ0v) is 9.29. The second-order valence-corrected chi connectivity index (χ2v) is 3.71. The van der Waals surface area contributed by atoms with Gasteiger partial charge < -0.3 is 9.30 Å². The van der Waals surface area contributed by atoms with Crippen molar-refractivity contribution in [2.75, 3.05) is 6.61 Å². The van der Waals surface area contributed by atoms with Crippen LogP contribution in [0.3, 0.4) is 0 Å². The van der Waals surface area contributed by atoms with Crippen LogP contribution in [-0.2, 0) is 6.54 Å². The lowest BCUT2D eigenvalue weighted by Gasteiger charge is -2.09. The van der Waals surface area contributed by atoms with E-state index >= 15 is 0 Å². The summed E-state index contributed by atoms with van der Waals surface area (Å²) in [5, 5.41) is 0.750. The van der Waals surface area contributed by atoms with Crippen LogP contribution in [0.25, 0.3) is 10.9 Å². The summed E-state index contributed by atoms with van der Waals surface area (Å²) in [7, 11) is 0. The first-order valence-electron chi connectivity index (χ1n) is 5.28. The molecule has 5 heteroatoms. The molecule has 0 aliphatic heterocycles. The van der Waals surface area contributed by atoms with Gasteiger partial charge in [-0.3, -0.25) is 0 Å². The number of ether oxygens (including phenoxy) is 1. The van der Waals surface area contributed by atoms with Crippen LogP contribution in [0.5, 0.6) is 5.75 Å². The standard InChI is InChI=1S/C12H12F3NO/c1-2-17-10-3-4-11-9(7-10)5-6-16(11)8-12(13,14)15/h3-7H,2,8H2,1H3. The largest absolute Gasteiger partial charge is 0.494 e. The van der Waals surface area contributed by atoms with E-state index in [9.17, 15) is 13.2 Å². The van der Waals surface area contributed by atoms with Crippen LogP contribution >= 0.6 is 0 Å². The number of benzene rings is 1. The van der Waals surface area contributed by atoms with Crippen molar-refractivity contribution in [3.05, 3.63) is 30.5 Å². The zero-order valence-electron chi connectivity index (χ0n) is 9.29. The molecule has 0 aliphatic rings. The highest BCUT2D eigenvalue weighted by Gasteiger charge is 2.28. The first kappa shape index (κ1) is 11.8. The quantitative estimate of drug-likeness (QED) is 0.803. The van der Waals surface area contributed by atoms with E-state index in [0.29, 0.717) is 17.9 Å². The molecule has 0 unspecified atom stereocenters. The van der Waals surface area contributed by atoms with E-state index in [1.165, 1.54) is 10.8 Å². The minimum atomic E-state index is -4.20. The predicted octanol–water partition coefficient (Wildman–Crippen LogP) is 3.60. The Morgan fingerprint density at radius 2 is 2.00 bits per heavy atom. The lowest BCUT2D eigenvalue weighted by Crippen LogP contribution is -2.16. The Morgan fingerprint density at radius 3 is 2.65 bits per heavy atom. The molecule has 1 aromatic carbocycles. The van der Waals surface area contributed by atoms with E-state index in [1.807, 2.05) is 6.92 Å². The molecular weight excluding hydrogens is 231 g/mol. The third kappa shape index (κ3) is 2.72. The van der Waals surface area contributed by atoms with Crippen LogP contribution < -0.4 is 4.74 Å². The molecule has 0 spiro atoms. The molecule has 0 amide bonds. The Hall–Kier alpha value is -1.65. The van der Waals surface area contributed by atoms with Crippen molar-refractivity contribution in [2.45, 2.75) is 19.6 Å². The minimum Gasteiger partial charge on any atom is -0.494 e. The molecule has 1 heterocycles. The van der Waals surface area contributed by atoms with Gasteiger partial charge in [-0.25, -0.2) is 0 Å². The second-order valence-electron chi connectivity index (χ2n) is 3.71. The van der Waals surface area contributed by atoms with Crippen LogP contribution in [-0.4, -0.2) is 17.4 Å². The molecule has 0 atom stereocenters. The Bertz CT molecular complexity index is 516. The van der Waals surface area contributed by atoms with E-state index in [0.717, 1.165) is 5.39 Å². The fraction of sp³-hybridized carbons (Fsp3) is 0.333. The van der Waals surface area contributed by atoms with Gasteiger partial charge in [0, 0.05) is 17.1 Å². The van der Waals surface area contributed by atoms with Crippen LogP contribution in [0.2, 0.25) is 0 Å². The fourth-order valence-corrected chi connectivity index (χ4v) is 1.77. The Balaban J connectivity index is 2.35. The van der Waals surface area contributed by atoms with Crippen LogP contribution in [0.1, 0.15) is 6.92 Å². The zero-order chi connectivity index (χ0) is 12.5. The van der Waals surface area contributed by atoms with Gasteiger partial charge >= 0.3 is 6.18 Å². The van der Waals surface area contributed by atoms with Crippen molar-refractivity contribution in [2.24, 2.45) is 0 Å². The maximum Gasteiger partial charge on any atom is 0.406 e. The maximum atomic E-state index is 12.3. The molecule has 1 aromatic heterocycles. The Kier molecular flexibility index (Phi) is 3.00. The van der Waals surface area contributed by atoms with Gasteiger partial charge in [-0.15, -0.1) is 0 Å². The summed E-state index contributed by atoms with van der Waals surface area (Å²) in [5.74, 6) is 0.671. The van der Waals surface area contributed by atoms with E-state index in [-0.39, 0.29) is 0 Å². The van der Waals surface area contributed by atoms with Crippen molar-refractivity contribution < 1.29 is 17.9 Å². The van der Waals surface area contributed by atoms with E-state index < -0.39 is 12.7 Å². The summed E-state index contributed by atoms with van der Waals surface area (Å²) in [6, 6.07) is 6.72. The van der Waals surface area contributed by atoms with Crippen molar-refractivity contribution in [3.8, 4) is 5.75 Å². The summed E-state index contributed by atoms with van der Waals surface area (Å²) in [6.45, 7) is 1.43. The highest BCUT2D eigenvalue weighted by Crippen LogP contribution is 2.25. The van der Waals surface area contributed by atoms with Gasteiger partial charge in [0.1, 0.15) is 12.3 Å². The number of nitrogens with zero attached hydrogens (tertiary/aromatic N) is 1. The van der Waals surface area contributed by atoms with Crippen molar-refractivity contribution in [1.82, 2.24) is 4.57 Å². The molecule has 2 rings (SSSR count). The molecule has 0 fully saturated rings. The summed E-state index contributed by atoms with van der Waals surface area (Å²) in [6.07, 6.45) is -2.77. The molecule has 0 saturated carbocycles. The van der Waals surface area contributed by atoms with Gasteiger partial charge in [0.05, 0.1) is 6.61 Å². The highest BCUT2D eigenvalue weighted by atomic mass is 19.4. The lowest BCUT2D eigenvalue weighted by molar-refractivity contribution is -0.139. The average Bonchev–Trinajstić information content (AvgIpc) is 2.59. The summed E-state index contributed by atoms with van der Waals surface area (Å²) < 4.78 is 43.4. The molecule has 0 N–H and O–H groups in total. The molecule has 0 bridgehead atoms. The minimum absolute atomic E-state index is 0.536. The molecule has 2 aromatic rings. The van der Waals surface area contributed by atoms with Crippen molar-refractivity contribution >= 4 is 10.9 Å². The third-order valence-corrected chi connectivity index (χ3v) is 2.40. The second kappa shape index (κ2) is 4.31.